The van der Waals surface area contributed by atoms with Crippen LogP contribution in [0, 0.1) is 11.3 Å². The maximum absolute atomic E-state index is 11.7. The van der Waals surface area contributed by atoms with Gasteiger partial charge in [0, 0.05) is 5.69 Å². The molecule has 84 valence electrons. The minimum absolute atomic E-state index is 0.0276. The summed E-state index contributed by atoms with van der Waals surface area (Å²) < 4.78 is 1.13. The second-order valence-electron chi connectivity index (χ2n) is 3.72. The Hall–Kier alpha value is -2.09. The van der Waals surface area contributed by atoms with Gasteiger partial charge in [-0.05, 0) is 18.1 Å². The summed E-state index contributed by atoms with van der Waals surface area (Å²) in [5.41, 5.74) is 0.0353. The standard InChI is InChI=1S/C11H12N2O3/c1-7(2)9-4-3-8(5-12)11(16)13(9)6-10(14)15/h3-4,7H,6H2,1-2H3,(H,14,15). The van der Waals surface area contributed by atoms with Crippen LogP contribution in [0.4, 0.5) is 0 Å². The monoisotopic (exact) mass is 220 g/mol. The van der Waals surface area contributed by atoms with E-state index in [9.17, 15) is 9.59 Å². The molecule has 0 aliphatic carbocycles. The van der Waals surface area contributed by atoms with Gasteiger partial charge in [0.05, 0.1) is 0 Å². The molecule has 0 unspecified atom stereocenters. The lowest BCUT2D eigenvalue weighted by Crippen LogP contribution is -2.29. The fourth-order valence-corrected chi connectivity index (χ4v) is 1.48. The highest BCUT2D eigenvalue weighted by Crippen LogP contribution is 2.12. The van der Waals surface area contributed by atoms with E-state index in [2.05, 4.69) is 0 Å². The first-order chi connectivity index (χ1) is 7.47. The Bertz CT molecular complexity index is 509. The van der Waals surface area contributed by atoms with E-state index in [0.29, 0.717) is 5.69 Å². The second kappa shape index (κ2) is 4.62. The molecule has 0 saturated carbocycles. The molecular formula is C11H12N2O3. The summed E-state index contributed by atoms with van der Waals surface area (Å²) in [6, 6.07) is 4.79. The van der Waals surface area contributed by atoms with Gasteiger partial charge in [0.1, 0.15) is 18.2 Å². The molecule has 1 heterocycles. The van der Waals surface area contributed by atoms with Crippen LogP contribution in [-0.2, 0) is 11.3 Å². The molecule has 0 aliphatic heterocycles. The summed E-state index contributed by atoms with van der Waals surface area (Å²) in [6.45, 7) is 3.31. The third kappa shape index (κ3) is 2.28. The smallest absolute Gasteiger partial charge is 0.323 e. The number of nitriles is 1. The summed E-state index contributed by atoms with van der Waals surface area (Å²) in [7, 11) is 0. The number of aliphatic carboxylic acids is 1. The highest BCUT2D eigenvalue weighted by molar-refractivity contribution is 5.66. The van der Waals surface area contributed by atoms with Crippen molar-refractivity contribution < 1.29 is 9.90 Å². The van der Waals surface area contributed by atoms with Gasteiger partial charge in [0.15, 0.2) is 0 Å². The van der Waals surface area contributed by atoms with Crippen LogP contribution in [-0.4, -0.2) is 15.6 Å². The minimum Gasteiger partial charge on any atom is -0.480 e. The predicted molar refractivity (Wildman–Crippen MR) is 57.1 cm³/mol. The van der Waals surface area contributed by atoms with E-state index in [1.54, 1.807) is 12.1 Å². The number of aromatic nitrogens is 1. The van der Waals surface area contributed by atoms with Crippen molar-refractivity contribution in [1.29, 1.82) is 5.26 Å². The second-order valence-corrected chi connectivity index (χ2v) is 3.72. The van der Waals surface area contributed by atoms with Crippen LogP contribution in [0.3, 0.4) is 0 Å². The molecule has 0 saturated heterocycles. The van der Waals surface area contributed by atoms with Gasteiger partial charge >= 0.3 is 5.97 Å². The van der Waals surface area contributed by atoms with Crippen molar-refractivity contribution >= 4 is 5.97 Å². The number of nitrogens with zero attached hydrogens (tertiary/aromatic N) is 2. The third-order valence-electron chi connectivity index (χ3n) is 2.21. The number of carboxylic acid groups (broad SMARTS) is 1. The SMILES string of the molecule is CC(C)c1ccc(C#N)c(=O)n1CC(=O)O. The van der Waals surface area contributed by atoms with Gasteiger partial charge in [-0.15, -0.1) is 0 Å². The largest absolute Gasteiger partial charge is 0.480 e. The highest BCUT2D eigenvalue weighted by atomic mass is 16.4. The number of hydrogen-bond donors (Lipinski definition) is 1. The zero-order chi connectivity index (χ0) is 12.3. The summed E-state index contributed by atoms with van der Waals surface area (Å²) >= 11 is 0. The average molecular weight is 220 g/mol. The van der Waals surface area contributed by atoms with Gasteiger partial charge < -0.3 is 9.67 Å². The summed E-state index contributed by atoms with van der Waals surface area (Å²) in [5.74, 6) is -1.07. The highest BCUT2D eigenvalue weighted by Gasteiger charge is 2.13. The van der Waals surface area contributed by atoms with Crippen LogP contribution in [0.2, 0.25) is 0 Å². The van der Waals surface area contributed by atoms with Gasteiger partial charge in [0.2, 0.25) is 0 Å². The summed E-state index contributed by atoms with van der Waals surface area (Å²) in [4.78, 5) is 22.4. The zero-order valence-electron chi connectivity index (χ0n) is 9.10. The van der Waals surface area contributed by atoms with Crippen molar-refractivity contribution in [2.75, 3.05) is 0 Å². The Kier molecular flexibility index (Phi) is 3.46. The van der Waals surface area contributed by atoms with Gasteiger partial charge in [-0.1, -0.05) is 13.8 Å². The lowest BCUT2D eigenvalue weighted by Gasteiger charge is -2.13. The van der Waals surface area contributed by atoms with E-state index >= 15 is 0 Å². The van der Waals surface area contributed by atoms with Gasteiger partial charge in [-0.2, -0.15) is 5.26 Å². The van der Waals surface area contributed by atoms with Crippen LogP contribution < -0.4 is 5.56 Å². The molecule has 1 rings (SSSR count). The van der Waals surface area contributed by atoms with Crippen molar-refractivity contribution in [2.24, 2.45) is 0 Å². The molecule has 0 amide bonds. The molecule has 0 aliphatic rings. The van der Waals surface area contributed by atoms with Crippen LogP contribution >= 0.6 is 0 Å². The van der Waals surface area contributed by atoms with E-state index in [1.807, 2.05) is 13.8 Å². The van der Waals surface area contributed by atoms with Crippen molar-refractivity contribution in [3.8, 4) is 6.07 Å². The summed E-state index contributed by atoms with van der Waals surface area (Å²) in [6.07, 6.45) is 0. The van der Waals surface area contributed by atoms with E-state index in [1.165, 1.54) is 6.07 Å². The molecule has 5 heteroatoms. The molecule has 16 heavy (non-hydrogen) atoms. The molecule has 1 N–H and O–H groups in total. The number of hydrogen-bond acceptors (Lipinski definition) is 3. The van der Waals surface area contributed by atoms with E-state index < -0.39 is 18.1 Å². The average Bonchev–Trinajstić information content (AvgIpc) is 2.19. The normalized spacial score (nSPS) is 10.1. The topological polar surface area (TPSA) is 83.1 Å². The molecule has 0 radical (unpaired) electrons. The third-order valence-corrected chi connectivity index (χ3v) is 2.21. The number of rotatable bonds is 3. The first-order valence-corrected chi connectivity index (χ1v) is 4.83. The maximum atomic E-state index is 11.7. The van der Waals surface area contributed by atoms with E-state index in [0.717, 1.165) is 4.57 Å². The molecule has 0 fully saturated rings. The van der Waals surface area contributed by atoms with Gasteiger partial charge in [-0.3, -0.25) is 9.59 Å². The van der Waals surface area contributed by atoms with Crippen molar-refractivity contribution in [1.82, 2.24) is 4.57 Å². The molecule has 0 spiro atoms. The lowest BCUT2D eigenvalue weighted by molar-refractivity contribution is -0.137. The molecule has 1 aromatic rings. The molecular weight excluding hydrogens is 208 g/mol. The lowest BCUT2D eigenvalue weighted by atomic mass is 10.1. The molecule has 0 bridgehead atoms. The van der Waals surface area contributed by atoms with Crippen LogP contribution in [0.25, 0.3) is 0 Å². The summed E-state index contributed by atoms with van der Waals surface area (Å²) in [5, 5.41) is 17.4. The van der Waals surface area contributed by atoms with Crippen molar-refractivity contribution in [3.63, 3.8) is 0 Å². The van der Waals surface area contributed by atoms with Crippen molar-refractivity contribution in [3.05, 3.63) is 33.7 Å². The molecule has 0 atom stereocenters. The molecule has 0 aromatic carbocycles. The number of pyridine rings is 1. The van der Waals surface area contributed by atoms with E-state index in [4.69, 9.17) is 10.4 Å². The van der Waals surface area contributed by atoms with Crippen LogP contribution in [0.15, 0.2) is 16.9 Å². The van der Waals surface area contributed by atoms with Crippen molar-refractivity contribution in [2.45, 2.75) is 26.3 Å². The van der Waals surface area contributed by atoms with Gasteiger partial charge in [0.25, 0.3) is 5.56 Å². The predicted octanol–water partition coefficient (Wildman–Crippen LogP) is 0.928. The fourth-order valence-electron chi connectivity index (χ4n) is 1.48. The quantitative estimate of drug-likeness (QED) is 0.821. The Balaban J connectivity index is 3.44. The zero-order valence-corrected chi connectivity index (χ0v) is 9.10. The molecule has 5 nitrogen and oxygen atoms in total. The maximum Gasteiger partial charge on any atom is 0.323 e. The Morgan fingerprint density at radius 1 is 1.56 bits per heavy atom. The van der Waals surface area contributed by atoms with Gasteiger partial charge in [-0.25, -0.2) is 0 Å². The first-order valence-electron chi connectivity index (χ1n) is 4.83. The number of carbonyl (C=O) groups is 1. The van der Waals surface area contributed by atoms with E-state index in [-0.39, 0.29) is 11.5 Å². The molecule has 1 aromatic heterocycles. The van der Waals surface area contributed by atoms with Crippen LogP contribution in [0.1, 0.15) is 31.0 Å². The first kappa shape index (κ1) is 12.0. The fraction of sp³-hybridized carbons (Fsp3) is 0.364. The minimum atomic E-state index is -1.10. The Morgan fingerprint density at radius 2 is 2.19 bits per heavy atom. The number of carboxylic acids is 1. The van der Waals surface area contributed by atoms with Crippen LogP contribution in [0.5, 0.6) is 0 Å². The Morgan fingerprint density at radius 3 is 2.62 bits per heavy atom. The Labute approximate surface area is 92.6 Å².